The molecule has 1 rings (SSSR count). The minimum absolute atomic E-state index is 0.0254. The number of benzene rings is 1. The van der Waals surface area contributed by atoms with Crippen LogP contribution in [0.2, 0.25) is 5.02 Å². The Morgan fingerprint density at radius 1 is 1.21 bits per heavy atom. The Morgan fingerprint density at radius 2 is 1.95 bits per heavy atom. The van der Waals surface area contributed by atoms with Crippen molar-refractivity contribution >= 4 is 11.6 Å². The molecule has 0 amide bonds. The fourth-order valence-corrected chi connectivity index (χ4v) is 1.49. The van der Waals surface area contributed by atoms with E-state index in [9.17, 15) is 5.11 Å². The first kappa shape index (κ1) is 16.2. The third-order valence-electron chi connectivity index (χ3n) is 2.29. The Hall–Kier alpha value is -0.850. The molecule has 0 fully saturated rings. The third-order valence-corrected chi connectivity index (χ3v) is 2.55. The van der Waals surface area contributed by atoms with Gasteiger partial charge in [-0.3, -0.25) is 0 Å². The molecule has 0 bridgehead atoms. The fourth-order valence-electron chi connectivity index (χ4n) is 1.36. The molecule has 5 nitrogen and oxygen atoms in total. The van der Waals surface area contributed by atoms with E-state index in [2.05, 4.69) is 5.32 Å². The number of nitrogens with one attached hydrogen (secondary N) is 1. The summed E-state index contributed by atoms with van der Waals surface area (Å²) in [7, 11) is 0. The molecule has 0 saturated carbocycles. The summed E-state index contributed by atoms with van der Waals surface area (Å²) in [6.07, 6.45) is -0.589. The summed E-state index contributed by atoms with van der Waals surface area (Å²) >= 11 is 5.75. The normalized spacial score (nSPS) is 12.4. The summed E-state index contributed by atoms with van der Waals surface area (Å²) in [6, 6.07) is 6.98. The first-order valence-corrected chi connectivity index (χ1v) is 6.56. The Morgan fingerprint density at radius 3 is 2.63 bits per heavy atom. The summed E-state index contributed by atoms with van der Waals surface area (Å²) < 4.78 is 10.5. The lowest BCUT2D eigenvalue weighted by atomic mass is 10.3. The maximum absolute atomic E-state index is 9.67. The van der Waals surface area contributed by atoms with Crippen molar-refractivity contribution in [2.24, 2.45) is 0 Å². The van der Waals surface area contributed by atoms with Crippen molar-refractivity contribution in [3.05, 3.63) is 29.3 Å². The highest BCUT2D eigenvalue weighted by atomic mass is 35.5. The first-order valence-electron chi connectivity index (χ1n) is 6.18. The first-order chi connectivity index (χ1) is 9.22. The van der Waals surface area contributed by atoms with Crippen molar-refractivity contribution in [1.29, 1.82) is 0 Å². The lowest BCUT2D eigenvalue weighted by molar-refractivity contribution is 0.0842. The van der Waals surface area contributed by atoms with Crippen LogP contribution < -0.4 is 10.1 Å². The van der Waals surface area contributed by atoms with Crippen LogP contribution in [0.1, 0.15) is 0 Å². The van der Waals surface area contributed by atoms with Crippen LogP contribution in [0.4, 0.5) is 0 Å². The summed E-state index contributed by atoms with van der Waals surface area (Å²) in [5, 5.41) is 21.9. The van der Waals surface area contributed by atoms with E-state index in [0.717, 1.165) is 0 Å². The topological polar surface area (TPSA) is 71.0 Å². The van der Waals surface area contributed by atoms with Gasteiger partial charge in [-0.05, 0) is 24.3 Å². The van der Waals surface area contributed by atoms with E-state index in [1.807, 2.05) is 0 Å². The Labute approximate surface area is 118 Å². The lowest BCUT2D eigenvalue weighted by Crippen LogP contribution is -2.33. The van der Waals surface area contributed by atoms with E-state index in [1.165, 1.54) is 0 Å². The van der Waals surface area contributed by atoms with Gasteiger partial charge in [0.2, 0.25) is 0 Å². The summed E-state index contributed by atoms with van der Waals surface area (Å²) in [4.78, 5) is 0. The van der Waals surface area contributed by atoms with Gasteiger partial charge in [0.15, 0.2) is 0 Å². The van der Waals surface area contributed by atoms with Gasteiger partial charge in [0, 0.05) is 18.1 Å². The SMILES string of the molecule is OCCOCCNCC(O)COc1ccc(Cl)cc1. The number of hydrogen-bond donors (Lipinski definition) is 3. The van der Waals surface area contributed by atoms with Crippen LogP contribution >= 0.6 is 11.6 Å². The van der Waals surface area contributed by atoms with Gasteiger partial charge in [-0.1, -0.05) is 11.6 Å². The molecule has 0 spiro atoms. The Kier molecular flexibility index (Phi) is 8.53. The highest BCUT2D eigenvalue weighted by molar-refractivity contribution is 6.30. The van der Waals surface area contributed by atoms with Crippen LogP contribution in [0.15, 0.2) is 24.3 Å². The van der Waals surface area contributed by atoms with Crippen LogP contribution in [0, 0.1) is 0 Å². The second-order valence-electron chi connectivity index (χ2n) is 3.96. The fraction of sp³-hybridized carbons (Fsp3) is 0.538. The molecule has 0 aliphatic carbocycles. The average Bonchev–Trinajstić information content (AvgIpc) is 2.42. The molecule has 1 aromatic rings. The van der Waals surface area contributed by atoms with Gasteiger partial charge in [-0.2, -0.15) is 0 Å². The number of ether oxygens (including phenoxy) is 2. The monoisotopic (exact) mass is 289 g/mol. The van der Waals surface area contributed by atoms with Crippen molar-refractivity contribution in [2.45, 2.75) is 6.10 Å². The molecular weight excluding hydrogens is 270 g/mol. The molecule has 19 heavy (non-hydrogen) atoms. The predicted molar refractivity (Wildman–Crippen MR) is 73.7 cm³/mol. The molecule has 0 heterocycles. The van der Waals surface area contributed by atoms with Gasteiger partial charge < -0.3 is 25.0 Å². The zero-order chi connectivity index (χ0) is 13.9. The molecule has 3 N–H and O–H groups in total. The third kappa shape index (κ3) is 8.02. The van der Waals surface area contributed by atoms with E-state index in [0.29, 0.717) is 37.1 Å². The van der Waals surface area contributed by atoms with E-state index < -0.39 is 6.10 Å². The Balaban J connectivity index is 2.04. The van der Waals surface area contributed by atoms with E-state index in [4.69, 9.17) is 26.2 Å². The van der Waals surface area contributed by atoms with Crippen molar-refractivity contribution in [2.75, 3.05) is 39.5 Å². The quantitative estimate of drug-likeness (QED) is 0.553. The molecule has 0 aromatic heterocycles. The van der Waals surface area contributed by atoms with Gasteiger partial charge in [0.25, 0.3) is 0 Å². The minimum atomic E-state index is -0.589. The maximum atomic E-state index is 9.67. The Bertz CT molecular complexity index is 334. The zero-order valence-corrected chi connectivity index (χ0v) is 11.5. The predicted octanol–water partition coefficient (Wildman–Crippen LogP) is 0.678. The molecule has 6 heteroatoms. The summed E-state index contributed by atoms with van der Waals surface area (Å²) in [5.41, 5.74) is 0. The second kappa shape index (κ2) is 10.00. The molecule has 0 saturated heterocycles. The van der Waals surface area contributed by atoms with Crippen molar-refractivity contribution in [1.82, 2.24) is 5.32 Å². The number of aliphatic hydroxyl groups excluding tert-OH is 2. The highest BCUT2D eigenvalue weighted by Gasteiger charge is 2.04. The number of hydrogen-bond acceptors (Lipinski definition) is 5. The molecule has 108 valence electrons. The van der Waals surface area contributed by atoms with Gasteiger partial charge in [-0.15, -0.1) is 0 Å². The summed E-state index contributed by atoms with van der Waals surface area (Å²) in [6.45, 7) is 2.13. The smallest absolute Gasteiger partial charge is 0.119 e. The molecule has 1 unspecified atom stereocenters. The zero-order valence-electron chi connectivity index (χ0n) is 10.7. The molecule has 1 aromatic carbocycles. The molecule has 0 radical (unpaired) electrons. The molecule has 1 atom stereocenters. The number of halogens is 1. The van der Waals surface area contributed by atoms with Crippen molar-refractivity contribution in [3.8, 4) is 5.75 Å². The lowest BCUT2D eigenvalue weighted by Gasteiger charge is -2.13. The van der Waals surface area contributed by atoms with Crippen LogP contribution in [0.3, 0.4) is 0 Å². The summed E-state index contributed by atoms with van der Waals surface area (Å²) in [5.74, 6) is 0.676. The molecule has 0 aliphatic rings. The average molecular weight is 290 g/mol. The number of aliphatic hydroxyl groups is 2. The highest BCUT2D eigenvalue weighted by Crippen LogP contribution is 2.15. The second-order valence-corrected chi connectivity index (χ2v) is 4.40. The van der Waals surface area contributed by atoms with E-state index in [1.54, 1.807) is 24.3 Å². The van der Waals surface area contributed by atoms with Crippen molar-refractivity contribution in [3.63, 3.8) is 0 Å². The van der Waals surface area contributed by atoms with Crippen LogP contribution in [-0.2, 0) is 4.74 Å². The van der Waals surface area contributed by atoms with Crippen LogP contribution in [-0.4, -0.2) is 55.8 Å². The van der Waals surface area contributed by atoms with Crippen molar-refractivity contribution < 1.29 is 19.7 Å². The largest absolute Gasteiger partial charge is 0.491 e. The van der Waals surface area contributed by atoms with Crippen LogP contribution in [0.25, 0.3) is 0 Å². The van der Waals surface area contributed by atoms with Gasteiger partial charge in [0.05, 0.1) is 19.8 Å². The molecule has 0 aliphatic heterocycles. The van der Waals surface area contributed by atoms with Crippen LogP contribution in [0.5, 0.6) is 5.75 Å². The molecular formula is C13H20ClNO4. The van der Waals surface area contributed by atoms with E-state index in [-0.39, 0.29) is 13.2 Å². The van der Waals surface area contributed by atoms with Gasteiger partial charge in [-0.25, -0.2) is 0 Å². The van der Waals surface area contributed by atoms with Gasteiger partial charge in [0.1, 0.15) is 18.5 Å². The number of rotatable bonds is 10. The minimum Gasteiger partial charge on any atom is -0.491 e. The standard InChI is InChI=1S/C13H20ClNO4/c14-11-1-3-13(4-2-11)19-10-12(17)9-15-5-7-18-8-6-16/h1-4,12,15-17H,5-10H2. The van der Waals surface area contributed by atoms with Gasteiger partial charge >= 0.3 is 0 Å². The van der Waals surface area contributed by atoms with E-state index >= 15 is 0 Å². The maximum Gasteiger partial charge on any atom is 0.119 e.